The van der Waals surface area contributed by atoms with Gasteiger partial charge < -0.3 is 9.73 Å². The van der Waals surface area contributed by atoms with E-state index in [0.717, 1.165) is 29.6 Å². The van der Waals surface area contributed by atoms with E-state index < -0.39 is 12.2 Å². The predicted molar refractivity (Wildman–Crippen MR) is 105 cm³/mol. The number of anilines is 1. The minimum Gasteiger partial charge on any atom is -0.423 e. The van der Waals surface area contributed by atoms with Gasteiger partial charge >= 0.3 is 6.01 Å². The number of carbonyl (C=O) groups excluding carboxylic acids is 1. The highest BCUT2D eigenvalue weighted by molar-refractivity contribution is 6.03. The molecular formula is C21H19FN4O2. The summed E-state index contributed by atoms with van der Waals surface area (Å²) < 4.78 is 19.7. The Morgan fingerprint density at radius 1 is 1.25 bits per heavy atom. The second-order valence-corrected chi connectivity index (χ2v) is 7.13. The maximum absolute atomic E-state index is 13.9. The lowest BCUT2D eigenvalue weighted by Crippen LogP contribution is -2.41. The van der Waals surface area contributed by atoms with Gasteiger partial charge in [-0.25, -0.2) is 9.38 Å². The number of carbonyl (C=O) groups is 1. The van der Waals surface area contributed by atoms with Gasteiger partial charge in [0.15, 0.2) is 11.4 Å². The smallest absolute Gasteiger partial charge is 0.302 e. The minimum atomic E-state index is -1.05. The van der Waals surface area contributed by atoms with Gasteiger partial charge in [-0.15, -0.1) is 0 Å². The molecule has 5 rings (SSSR count). The molecule has 6 nitrogen and oxygen atoms in total. The highest BCUT2D eigenvalue weighted by Crippen LogP contribution is 2.33. The molecule has 0 spiro atoms. The van der Waals surface area contributed by atoms with Crippen molar-refractivity contribution < 1.29 is 13.6 Å². The molecule has 0 bridgehead atoms. The molecule has 142 valence electrons. The summed E-state index contributed by atoms with van der Waals surface area (Å²) in [6.07, 6.45) is 6.31. The van der Waals surface area contributed by atoms with Crippen molar-refractivity contribution in [3.05, 3.63) is 59.3 Å². The fourth-order valence-electron chi connectivity index (χ4n) is 3.90. The molecule has 1 aromatic carbocycles. The zero-order chi connectivity index (χ0) is 19.1. The number of alkyl halides is 1. The zero-order valence-electron chi connectivity index (χ0n) is 15.1. The molecule has 0 radical (unpaired) electrons. The molecule has 2 N–H and O–H groups in total. The van der Waals surface area contributed by atoms with Gasteiger partial charge in [-0.2, -0.15) is 4.98 Å². The largest absolute Gasteiger partial charge is 0.423 e. The van der Waals surface area contributed by atoms with Crippen LogP contribution in [-0.4, -0.2) is 28.9 Å². The van der Waals surface area contributed by atoms with Crippen molar-refractivity contribution in [3.63, 3.8) is 0 Å². The number of nitrogens with zero attached hydrogens (tertiary/aromatic N) is 2. The van der Waals surface area contributed by atoms with E-state index in [9.17, 15) is 9.18 Å². The first-order valence-electron chi connectivity index (χ1n) is 9.42. The normalized spacial score (nSPS) is 24.5. The molecule has 7 heteroatoms. The van der Waals surface area contributed by atoms with Crippen molar-refractivity contribution in [2.75, 3.05) is 5.32 Å². The molecule has 2 aliphatic carbocycles. The Morgan fingerprint density at radius 3 is 3.00 bits per heavy atom. The highest BCUT2D eigenvalue weighted by Gasteiger charge is 2.34. The molecule has 2 unspecified atom stereocenters. The Kier molecular flexibility index (Phi) is 4.07. The van der Waals surface area contributed by atoms with Crippen molar-refractivity contribution in [2.24, 2.45) is 4.99 Å². The average molecular weight is 378 g/mol. The topological polar surface area (TPSA) is 79.5 Å². The van der Waals surface area contributed by atoms with E-state index in [1.165, 1.54) is 6.08 Å². The molecule has 2 atom stereocenters. The van der Waals surface area contributed by atoms with Gasteiger partial charge in [0.05, 0.1) is 0 Å². The second-order valence-electron chi connectivity index (χ2n) is 7.13. The number of aliphatic imine (C=N–C) groups is 1. The van der Waals surface area contributed by atoms with E-state index in [2.05, 4.69) is 20.6 Å². The third-order valence-electron chi connectivity index (χ3n) is 5.19. The van der Waals surface area contributed by atoms with E-state index >= 15 is 0 Å². The second kappa shape index (κ2) is 6.74. The van der Waals surface area contributed by atoms with Crippen LogP contribution in [0.15, 0.2) is 68.7 Å². The lowest BCUT2D eigenvalue weighted by atomic mass is 9.83. The summed E-state index contributed by atoms with van der Waals surface area (Å²) in [6, 6.07) is 7.31. The average Bonchev–Trinajstić information content (AvgIpc) is 3.10. The van der Waals surface area contributed by atoms with Gasteiger partial charge in [0, 0.05) is 24.1 Å². The maximum Gasteiger partial charge on any atom is 0.302 e. The van der Waals surface area contributed by atoms with Gasteiger partial charge in [0.1, 0.15) is 17.7 Å². The summed E-state index contributed by atoms with van der Waals surface area (Å²) in [5.41, 5.74) is 3.72. The van der Waals surface area contributed by atoms with Gasteiger partial charge in [0.2, 0.25) is 5.96 Å². The molecule has 3 aliphatic rings. The van der Waals surface area contributed by atoms with Crippen LogP contribution < -0.4 is 10.6 Å². The summed E-state index contributed by atoms with van der Waals surface area (Å²) in [6.45, 7) is 0. The number of rotatable bonds is 2. The van der Waals surface area contributed by atoms with Crippen molar-refractivity contribution >= 4 is 28.9 Å². The van der Waals surface area contributed by atoms with Crippen LogP contribution in [0.1, 0.15) is 25.7 Å². The number of oxazole rings is 1. The quantitative estimate of drug-likeness (QED) is 0.831. The molecule has 2 heterocycles. The van der Waals surface area contributed by atoms with E-state index in [0.29, 0.717) is 29.6 Å². The van der Waals surface area contributed by atoms with Crippen LogP contribution in [0, 0.1) is 0 Å². The molecule has 0 saturated carbocycles. The summed E-state index contributed by atoms with van der Waals surface area (Å²) in [5.74, 6) is 0.533. The van der Waals surface area contributed by atoms with E-state index in [-0.39, 0.29) is 12.2 Å². The van der Waals surface area contributed by atoms with Crippen molar-refractivity contribution in [3.8, 4) is 0 Å². The number of para-hydroxylation sites is 2. The molecule has 1 aliphatic heterocycles. The number of benzene rings is 1. The molecular weight excluding hydrogens is 359 g/mol. The van der Waals surface area contributed by atoms with Crippen LogP contribution in [0.4, 0.5) is 10.4 Å². The van der Waals surface area contributed by atoms with Gasteiger partial charge in [0.25, 0.3) is 0 Å². The monoisotopic (exact) mass is 378 g/mol. The molecule has 0 fully saturated rings. The number of nitrogens with one attached hydrogen (secondary N) is 2. The lowest BCUT2D eigenvalue weighted by Gasteiger charge is -2.32. The minimum absolute atomic E-state index is 0.0780. The van der Waals surface area contributed by atoms with E-state index in [1.54, 1.807) is 6.08 Å². The predicted octanol–water partition coefficient (Wildman–Crippen LogP) is 3.80. The van der Waals surface area contributed by atoms with Gasteiger partial charge in [-0.05, 0) is 30.5 Å². The number of ketones is 1. The summed E-state index contributed by atoms with van der Waals surface area (Å²) in [5, 5.41) is 6.29. The molecule has 0 amide bonds. The van der Waals surface area contributed by atoms with Crippen LogP contribution >= 0.6 is 0 Å². The number of hydrogen-bond acceptors (Lipinski definition) is 6. The van der Waals surface area contributed by atoms with E-state index in [1.807, 2.05) is 30.3 Å². The number of fused-ring (bicyclic) bond motifs is 1. The van der Waals surface area contributed by atoms with Crippen molar-refractivity contribution in [1.82, 2.24) is 10.3 Å². The maximum atomic E-state index is 13.9. The number of Topliss-reactive ketones (excluding diaryl/α,β-unsaturated/α-hetero) is 1. The highest BCUT2D eigenvalue weighted by atomic mass is 19.1. The van der Waals surface area contributed by atoms with E-state index in [4.69, 9.17) is 4.42 Å². The van der Waals surface area contributed by atoms with Crippen molar-refractivity contribution in [2.45, 2.75) is 37.9 Å². The number of aromatic nitrogens is 1. The fraction of sp³-hybridized carbons (Fsp3) is 0.286. The van der Waals surface area contributed by atoms with Crippen LogP contribution in [0.2, 0.25) is 0 Å². The number of halogens is 1. The summed E-state index contributed by atoms with van der Waals surface area (Å²) in [7, 11) is 0. The lowest BCUT2D eigenvalue weighted by molar-refractivity contribution is -0.116. The third-order valence-corrected chi connectivity index (χ3v) is 5.19. The first-order valence-corrected chi connectivity index (χ1v) is 9.42. The first kappa shape index (κ1) is 16.9. The third kappa shape index (κ3) is 3.02. The zero-order valence-corrected chi connectivity index (χ0v) is 15.1. The molecule has 28 heavy (non-hydrogen) atoms. The Morgan fingerprint density at radius 2 is 2.14 bits per heavy atom. The fourth-order valence-corrected chi connectivity index (χ4v) is 3.90. The number of allylic oxidation sites excluding steroid dienone is 4. The van der Waals surface area contributed by atoms with Crippen LogP contribution in [0.3, 0.4) is 0 Å². The summed E-state index contributed by atoms with van der Waals surface area (Å²) >= 11 is 0. The number of hydrogen-bond donors (Lipinski definition) is 2. The van der Waals surface area contributed by atoms with Gasteiger partial charge in [-0.3, -0.25) is 10.1 Å². The van der Waals surface area contributed by atoms with Crippen LogP contribution in [0.5, 0.6) is 0 Å². The molecule has 0 saturated heterocycles. The Hall–Kier alpha value is -3.22. The standard InChI is InChI=1S/C21H19FN4O2/c22-13-6-3-5-12(11-13)19-18-15(8-4-9-16(18)27)23-20(25-19)26-21-24-14-7-1-2-10-17(14)28-21/h1-3,5-7,10,13,19H,4,8-9,11H2,(H2,23,24,25,26). The Bertz CT molecular complexity index is 1050. The summed E-state index contributed by atoms with van der Waals surface area (Å²) in [4.78, 5) is 21.7. The number of guanidine groups is 1. The molecule has 2 aromatic rings. The van der Waals surface area contributed by atoms with Crippen molar-refractivity contribution in [1.29, 1.82) is 0 Å². The SMILES string of the molecule is O=C1CCCC2=C1C(C1=CC=CC(F)C1)N=C(Nc1nc3ccccc3o1)N2. The Balaban J connectivity index is 1.50. The first-order chi connectivity index (χ1) is 13.7. The molecule has 1 aromatic heterocycles. The van der Waals surface area contributed by atoms with Gasteiger partial charge in [-0.1, -0.05) is 30.4 Å². The Labute approximate surface area is 160 Å². The van der Waals surface area contributed by atoms with Crippen LogP contribution in [0.25, 0.3) is 11.1 Å². The van der Waals surface area contributed by atoms with Crippen LogP contribution in [-0.2, 0) is 4.79 Å².